The van der Waals surface area contributed by atoms with Crippen molar-refractivity contribution in [2.75, 3.05) is 6.61 Å². The summed E-state index contributed by atoms with van der Waals surface area (Å²) in [6.45, 7) is 5.87. The number of ketones is 1. The lowest BCUT2D eigenvalue weighted by Gasteiger charge is -2.21. The van der Waals surface area contributed by atoms with Gasteiger partial charge in [-0.1, -0.05) is 29.3 Å². The summed E-state index contributed by atoms with van der Waals surface area (Å²) in [6, 6.07) is 6.14. The van der Waals surface area contributed by atoms with E-state index in [1.165, 1.54) is 6.92 Å². The molecule has 0 aliphatic carbocycles. The number of benzene rings is 1. The summed E-state index contributed by atoms with van der Waals surface area (Å²) in [4.78, 5) is 23.7. The third-order valence-corrected chi connectivity index (χ3v) is 3.61. The predicted octanol–water partition coefficient (Wildman–Crippen LogP) is 2.37. The van der Waals surface area contributed by atoms with Crippen LogP contribution in [0.3, 0.4) is 0 Å². The van der Waals surface area contributed by atoms with Crippen LogP contribution < -0.4 is 0 Å². The molecule has 0 amide bonds. The van der Waals surface area contributed by atoms with Crippen LogP contribution in [0.25, 0.3) is 0 Å². The van der Waals surface area contributed by atoms with Crippen molar-refractivity contribution >= 4 is 11.8 Å². The van der Waals surface area contributed by atoms with Crippen LogP contribution in [-0.4, -0.2) is 18.4 Å². The van der Waals surface area contributed by atoms with Gasteiger partial charge in [-0.2, -0.15) is 0 Å². The van der Waals surface area contributed by atoms with Gasteiger partial charge < -0.3 is 4.74 Å². The zero-order chi connectivity index (χ0) is 13.3. The number of aryl methyl sites for hydroxylation is 2. The Kier molecular flexibility index (Phi) is 3.24. The van der Waals surface area contributed by atoms with Crippen LogP contribution in [0.5, 0.6) is 0 Å². The van der Waals surface area contributed by atoms with E-state index in [2.05, 4.69) is 6.07 Å². The van der Waals surface area contributed by atoms with Crippen molar-refractivity contribution in [2.24, 2.45) is 5.41 Å². The van der Waals surface area contributed by atoms with E-state index in [1.807, 2.05) is 26.0 Å². The van der Waals surface area contributed by atoms with Gasteiger partial charge in [-0.3, -0.25) is 9.59 Å². The standard InChI is InChI=1S/C15H18O3/c1-10-6-11(2)8-13(7-10)9-15(12(3)16)4-5-18-14(15)17/h6-8H,4-5,9H2,1-3H3. The first-order valence-corrected chi connectivity index (χ1v) is 6.19. The Morgan fingerprint density at radius 1 is 1.28 bits per heavy atom. The predicted molar refractivity (Wildman–Crippen MR) is 68.3 cm³/mol. The molecular formula is C15H18O3. The second kappa shape index (κ2) is 4.56. The van der Waals surface area contributed by atoms with Crippen LogP contribution in [0.15, 0.2) is 18.2 Å². The lowest BCUT2D eigenvalue weighted by atomic mass is 9.77. The molecule has 1 aliphatic heterocycles. The molecule has 0 N–H and O–H groups in total. The molecule has 0 aromatic heterocycles. The molecule has 1 aromatic carbocycles. The van der Waals surface area contributed by atoms with Crippen molar-refractivity contribution in [1.29, 1.82) is 0 Å². The molecule has 1 heterocycles. The second-order valence-corrected chi connectivity index (χ2v) is 5.20. The summed E-state index contributed by atoms with van der Waals surface area (Å²) < 4.78 is 5.00. The van der Waals surface area contributed by atoms with Crippen molar-refractivity contribution in [3.63, 3.8) is 0 Å². The number of esters is 1. The molecular weight excluding hydrogens is 228 g/mol. The minimum absolute atomic E-state index is 0.0934. The maximum atomic E-state index is 11.9. The van der Waals surface area contributed by atoms with E-state index in [0.29, 0.717) is 19.4 Å². The lowest BCUT2D eigenvalue weighted by molar-refractivity contribution is -0.150. The summed E-state index contributed by atoms with van der Waals surface area (Å²) in [6.07, 6.45) is 0.942. The Hall–Kier alpha value is -1.64. The third kappa shape index (κ3) is 2.17. The van der Waals surface area contributed by atoms with Gasteiger partial charge in [0.2, 0.25) is 0 Å². The fourth-order valence-corrected chi connectivity index (χ4v) is 2.68. The number of carbonyl (C=O) groups is 2. The van der Waals surface area contributed by atoms with Crippen LogP contribution in [0.2, 0.25) is 0 Å². The second-order valence-electron chi connectivity index (χ2n) is 5.20. The Balaban J connectivity index is 2.35. The number of carbonyl (C=O) groups excluding carboxylic acids is 2. The maximum absolute atomic E-state index is 11.9. The molecule has 1 atom stereocenters. The van der Waals surface area contributed by atoms with Crippen molar-refractivity contribution in [3.05, 3.63) is 34.9 Å². The van der Waals surface area contributed by atoms with Crippen molar-refractivity contribution in [3.8, 4) is 0 Å². The van der Waals surface area contributed by atoms with E-state index >= 15 is 0 Å². The number of hydrogen-bond donors (Lipinski definition) is 0. The average Bonchev–Trinajstić information content (AvgIpc) is 2.59. The van der Waals surface area contributed by atoms with Gasteiger partial charge in [0.15, 0.2) is 0 Å². The SMILES string of the molecule is CC(=O)C1(Cc2cc(C)cc(C)c2)CCOC1=O. The van der Waals surface area contributed by atoms with Gasteiger partial charge in [-0.15, -0.1) is 0 Å². The van der Waals surface area contributed by atoms with E-state index in [9.17, 15) is 9.59 Å². The Bertz CT molecular complexity index is 484. The molecule has 3 heteroatoms. The Morgan fingerprint density at radius 3 is 2.33 bits per heavy atom. The average molecular weight is 246 g/mol. The molecule has 1 fully saturated rings. The lowest BCUT2D eigenvalue weighted by Crippen LogP contribution is -2.36. The molecule has 0 saturated carbocycles. The van der Waals surface area contributed by atoms with E-state index < -0.39 is 5.41 Å². The normalized spacial score (nSPS) is 22.9. The molecule has 96 valence electrons. The highest BCUT2D eigenvalue weighted by Gasteiger charge is 2.48. The summed E-state index contributed by atoms with van der Waals surface area (Å²) >= 11 is 0. The number of Topliss-reactive ketones (excluding diaryl/α,β-unsaturated/α-hetero) is 1. The highest BCUT2D eigenvalue weighted by molar-refractivity contribution is 6.04. The summed E-state index contributed by atoms with van der Waals surface area (Å²) in [7, 11) is 0. The smallest absolute Gasteiger partial charge is 0.320 e. The molecule has 0 spiro atoms. The van der Waals surface area contributed by atoms with E-state index in [-0.39, 0.29) is 11.8 Å². The number of hydrogen-bond acceptors (Lipinski definition) is 3. The van der Waals surface area contributed by atoms with E-state index in [1.54, 1.807) is 0 Å². The Labute approximate surface area is 107 Å². The van der Waals surface area contributed by atoms with Gasteiger partial charge in [0.25, 0.3) is 0 Å². The molecule has 18 heavy (non-hydrogen) atoms. The van der Waals surface area contributed by atoms with Crippen molar-refractivity contribution < 1.29 is 14.3 Å². The first-order chi connectivity index (χ1) is 8.44. The molecule has 0 radical (unpaired) electrons. The third-order valence-electron chi connectivity index (χ3n) is 3.61. The maximum Gasteiger partial charge on any atom is 0.320 e. The van der Waals surface area contributed by atoms with Crippen molar-refractivity contribution in [1.82, 2.24) is 0 Å². The summed E-state index contributed by atoms with van der Waals surface area (Å²) in [5, 5.41) is 0. The van der Waals surface area contributed by atoms with Gasteiger partial charge in [-0.05, 0) is 32.8 Å². The minimum atomic E-state index is -0.958. The highest BCUT2D eigenvalue weighted by Crippen LogP contribution is 2.35. The van der Waals surface area contributed by atoms with E-state index in [4.69, 9.17) is 4.74 Å². The van der Waals surface area contributed by atoms with E-state index in [0.717, 1.165) is 16.7 Å². The molecule has 1 aromatic rings. The highest BCUT2D eigenvalue weighted by atomic mass is 16.5. The van der Waals surface area contributed by atoms with Crippen LogP contribution in [0, 0.1) is 19.3 Å². The number of rotatable bonds is 3. The topological polar surface area (TPSA) is 43.4 Å². The zero-order valence-electron chi connectivity index (χ0n) is 11.1. The summed E-state index contributed by atoms with van der Waals surface area (Å²) in [5.74, 6) is -0.460. The fraction of sp³-hybridized carbons (Fsp3) is 0.467. The zero-order valence-corrected chi connectivity index (χ0v) is 11.1. The molecule has 1 aliphatic rings. The molecule has 3 nitrogen and oxygen atoms in total. The quantitative estimate of drug-likeness (QED) is 0.607. The molecule has 1 saturated heterocycles. The van der Waals surface area contributed by atoms with Gasteiger partial charge in [0.05, 0.1) is 6.61 Å². The fourth-order valence-electron chi connectivity index (χ4n) is 2.68. The number of cyclic esters (lactones) is 1. The molecule has 2 rings (SSSR count). The van der Waals surface area contributed by atoms with Gasteiger partial charge in [0, 0.05) is 6.42 Å². The first-order valence-electron chi connectivity index (χ1n) is 6.19. The summed E-state index contributed by atoms with van der Waals surface area (Å²) in [5.41, 5.74) is 2.37. The van der Waals surface area contributed by atoms with Crippen LogP contribution >= 0.6 is 0 Å². The van der Waals surface area contributed by atoms with Crippen LogP contribution in [0.4, 0.5) is 0 Å². The van der Waals surface area contributed by atoms with Crippen LogP contribution in [0.1, 0.15) is 30.0 Å². The van der Waals surface area contributed by atoms with Crippen molar-refractivity contribution in [2.45, 2.75) is 33.6 Å². The van der Waals surface area contributed by atoms with Crippen LogP contribution in [-0.2, 0) is 20.7 Å². The monoisotopic (exact) mass is 246 g/mol. The number of ether oxygens (including phenoxy) is 1. The molecule has 0 bridgehead atoms. The van der Waals surface area contributed by atoms with Gasteiger partial charge >= 0.3 is 5.97 Å². The van der Waals surface area contributed by atoms with Gasteiger partial charge in [-0.25, -0.2) is 0 Å². The Morgan fingerprint density at radius 2 is 1.89 bits per heavy atom. The largest absolute Gasteiger partial charge is 0.465 e. The van der Waals surface area contributed by atoms with Gasteiger partial charge in [0.1, 0.15) is 11.2 Å². The first kappa shape index (κ1) is 12.8. The molecule has 1 unspecified atom stereocenters. The minimum Gasteiger partial charge on any atom is -0.465 e.